The number of aromatic nitrogens is 2. The largest absolute Gasteiger partial charge is 0.381 e. The predicted octanol–water partition coefficient (Wildman–Crippen LogP) is 1.14. The van der Waals surface area contributed by atoms with Crippen molar-refractivity contribution in [3.63, 3.8) is 0 Å². The summed E-state index contributed by atoms with van der Waals surface area (Å²) in [6.45, 7) is 3.67. The molecule has 1 atom stereocenters. The zero-order valence-electron chi connectivity index (χ0n) is 11.0. The lowest BCUT2D eigenvalue weighted by atomic mass is 10.1. The van der Waals surface area contributed by atoms with E-state index in [4.69, 9.17) is 4.74 Å². The maximum atomic E-state index is 12.4. The second kappa shape index (κ2) is 4.34. The number of ether oxygens (including phenoxy) is 1. The molecule has 1 saturated heterocycles. The highest BCUT2D eigenvalue weighted by atomic mass is 16.5. The lowest BCUT2D eigenvalue weighted by Crippen LogP contribution is -2.41. The average molecular weight is 261 g/mol. The van der Waals surface area contributed by atoms with E-state index in [-0.39, 0.29) is 11.8 Å². The third-order valence-electron chi connectivity index (χ3n) is 4.40. The fourth-order valence-electron chi connectivity index (χ4n) is 3.04. The van der Waals surface area contributed by atoms with Crippen LogP contribution in [0.2, 0.25) is 0 Å². The molecular weight excluding hydrogens is 242 g/mol. The van der Waals surface area contributed by atoms with E-state index in [1.165, 1.54) is 24.2 Å². The van der Waals surface area contributed by atoms with Crippen molar-refractivity contribution in [3.05, 3.63) is 17.5 Å². The molecule has 5 nitrogen and oxygen atoms in total. The maximum Gasteiger partial charge on any atom is 0.228 e. The van der Waals surface area contributed by atoms with Gasteiger partial charge in [0, 0.05) is 19.1 Å². The molecular formula is C14H19N3O2. The zero-order valence-corrected chi connectivity index (χ0v) is 11.0. The quantitative estimate of drug-likeness (QED) is 0.802. The molecule has 0 aromatic carbocycles. The van der Waals surface area contributed by atoms with Crippen LogP contribution in [0.15, 0.2) is 6.07 Å². The number of carbonyl (C=O) groups is 1. The van der Waals surface area contributed by atoms with Crippen molar-refractivity contribution in [1.82, 2.24) is 14.7 Å². The van der Waals surface area contributed by atoms with Crippen LogP contribution in [0.1, 0.15) is 36.6 Å². The van der Waals surface area contributed by atoms with E-state index >= 15 is 0 Å². The standard InChI is InChI=1S/C14H19N3O2/c18-14(11-3-6-19-9-11)16-4-5-17-12(8-16)7-13(15-17)10-1-2-10/h7,10-11H,1-6,8-9H2/t11-/m1/s1. The van der Waals surface area contributed by atoms with Gasteiger partial charge >= 0.3 is 0 Å². The minimum Gasteiger partial charge on any atom is -0.381 e. The molecule has 2 fully saturated rings. The smallest absolute Gasteiger partial charge is 0.228 e. The Hall–Kier alpha value is -1.36. The molecule has 3 heterocycles. The Morgan fingerprint density at radius 3 is 2.95 bits per heavy atom. The molecule has 0 N–H and O–H groups in total. The topological polar surface area (TPSA) is 47.4 Å². The average Bonchev–Trinajstić information content (AvgIpc) is 2.99. The first kappa shape index (κ1) is 11.5. The van der Waals surface area contributed by atoms with Crippen molar-refractivity contribution in [1.29, 1.82) is 0 Å². The summed E-state index contributed by atoms with van der Waals surface area (Å²) in [6, 6.07) is 2.20. The van der Waals surface area contributed by atoms with Crippen LogP contribution >= 0.6 is 0 Å². The monoisotopic (exact) mass is 261 g/mol. The second-order valence-electron chi connectivity index (χ2n) is 5.88. The van der Waals surface area contributed by atoms with Crippen LogP contribution in [0.3, 0.4) is 0 Å². The normalized spacial score (nSPS) is 26.5. The first-order valence-corrected chi connectivity index (χ1v) is 7.24. The van der Waals surface area contributed by atoms with Crippen molar-refractivity contribution >= 4 is 5.91 Å². The molecule has 0 spiro atoms. The van der Waals surface area contributed by atoms with Gasteiger partial charge in [0.25, 0.3) is 0 Å². The number of fused-ring (bicyclic) bond motifs is 1. The molecule has 1 amide bonds. The van der Waals surface area contributed by atoms with Crippen LogP contribution in [0.25, 0.3) is 0 Å². The summed E-state index contributed by atoms with van der Waals surface area (Å²) in [5, 5.41) is 4.66. The molecule has 0 radical (unpaired) electrons. The van der Waals surface area contributed by atoms with Crippen molar-refractivity contribution in [2.45, 2.75) is 38.3 Å². The Kier molecular flexibility index (Phi) is 2.62. The molecule has 0 bridgehead atoms. The van der Waals surface area contributed by atoms with Gasteiger partial charge in [-0.05, 0) is 25.3 Å². The van der Waals surface area contributed by atoms with Crippen LogP contribution in [0, 0.1) is 5.92 Å². The predicted molar refractivity (Wildman–Crippen MR) is 68.5 cm³/mol. The fraction of sp³-hybridized carbons (Fsp3) is 0.714. The van der Waals surface area contributed by atoms with Crippen LogP contribution in [-0.4, -0.2) is 40.3 Å². The Bertz CT molecular complexity index is 501. The number of rotatable bonds is 2. The lowest BCUT2D eigenvalue weighted by molar-refractivity contribution is -0.137. The van der Waals surface area contributed by atoms with Gasteiger partial charge in [0.05, 0.1) is 37.0 Å². The van der Waals surface area contributed by atoms with Gasteiger partial charge < -0.3 is 9.64 Å². The van der Waals surface area contributed by atoms with Crippen molar-refractivity contribution in [2.75, 3.05) is 19.8 Å². The summed E-state index contributed by atoms with van der Waals surface area (Å²) in [6.07, 6.45) is 3.43. The van der Waals surface area contributed by atoms with Crippen LogP contribution in [0.5, 0.6) is 0 Å². The van der Waals surface area contributed by atoms with Gasteiger partial charge in [0.15, 0.2) is 0 Å². The Balaban J connectivity index is 1.49. The minimum absolute atomic E-state index is 0.0809. The van der Waals surface area contributed by atoms with E-state index in [9.17, 15) is 4.79 Å². The molecule has 1 aromatic heterocycles. The van der Waals surface area contributed by atoms with E-state index in [0.717, 1.165) is 32.7 Å². The lowest BCUT2D eigenvalue weighted by Gasteiger charge is -2.29. The minimum atomic E-state index is 0.0809. The highest BCUT2D eigenvalue weighted by Crippen LogP contribution is 2.39. The van der Waals surface area contributed by atoms with Gasteiger partial charge in [-0.25, -0.2) is 0 Å². The fourth-order valence-corrected chi connectivity index (χ4v) is 3.04. The van der Waals surface area contributed by atoms with Crippen molar-refractivity contribution in [3.8, 4) is 0 Å². The number of hydrogen-bond acceptors (Lipinski definition) is 3. The highest BCUT2D eigenvalue weighted by Gasteiger charge is 2.32. The van der Waals surface area contributed by atoms with Crippen molar-refractivity contribution in [2.24, 2.45) is 5.92 Å². The molecule has 1 aromatic rings. The van der Waals surface area contributed by atoms with Gasteiger partial charge in [-0.3, -0.25) is 9.48 Å². The van der Waals surface area contributed by atoms with Crippen molar-refractivity contribution < 1.29 is 9.53 Å². The number of carbonyl (C=O) groups excluding carboxylic acids is 1. The van der Waals surface area contributed by atoms with Gasteiger partial charge in [-0.2, -0.15) is 5.10 Å². The summed E-state index contributed by atoms with van der Waals surface area (Å²) in [4.78, 5) is 14.4. The van der Waals surface area contributed by atoms with E-state index < -0.39 is 0 Å². The van der Waals surface area contributed by atoms with E-state index in [2.05, 4.69) is 15.8 Å². The first-order chi connectivity index (χ1) is 9.31. The summed E-state index contributed by atoms with van der Waals surface area (Å²) in [7, 11) is 0. The first-order valence-electron chi connectivity index (χ1n) is 7.24. The number of nitrogens with zero attached hydrogens (tertiary/aromatic N) is 3. The Morgan fingerprint density at radius 1 is 1.32 bits per heavy atom. The van der Waals surface area contributed by atoms with Crippen LogP contribution in [-0.2, 0) is 22.6 Å². The molecule has 3 aliphatic rings. The maximum absolute atomic E-state index is 12.4. The molecule has 5 heteroatoms. The summed E-state index contributed by atoms with van der Waals surface area (Å²) >= 11 is 0. The number of hydrogen-bond donors (Lipinski definition) is 0. The third kappa shape index (κ3) is 2.06. The molecule has 4 rings (SSSR count). The van der Waals surface area contributed by atoms with Crippen LogP contribution < -0.4 is 0 Å². The molecule has 0 unspecified atom stereocenters. The summed E-state index contributed by atoms with van der Waals surface area (Å²) in [5.41, 5.74) is 2.42. The molecule has 102 valence electrons. The second-order valence-corrected chi connectivity index (χ2v) is 5.88. The molecule has 19 heavy (non-hydrogen) atoms. The Labute approximate surface area is 112 Å². The Morgan fingerprint density at radius 2 is 2.21 bits per heavy atom. The van der Waals surface area contributed by atoms with Gasteiger partial charge in [-0.1, -0.05) is 0 Å². The third-order valence-corrected chi connectivity index (χ3v) is 4.40. The van der Waals surface area contributed by atoms with Gasteiger partial charge in [-0.15, -0.1) is 0 Å². The number of amides is 1. The van der Waals surface area contributed by atoms with Gasteiger partial charge in [0.2, 0.25) is 5.91 Å². The van der Waals surface area contributed by atoms with Crippen LogP contribution in [0.4, 0.5) is 0 Å². The van der Waals surface area contributed by atoms with E-state index in [1.54, 1.807) is 0 Å². The SMILES string of the molecule is O=C([C@@H]1CCOC1)N1CCn2nc(C3CC3)cc2C1. The van der Waals surface area contributed by atoms with E-state index in [0.29, 0.717) is 12.5 Å². The summed E-state index contributed by atoms with van der Waals surface area (Å²) in [5.74, 6) is 1.03. The molecule has 2 aliphatic heterocycles. The van der Waals surface area contributed by atoms with E-state index in [1.807, 2.05) is 4.90 Å². The zero-order chi connectivity index (χ0) is 12.8. The molecule has 1 saturated carbocycles. The highest BCUT2D eigenvalue weighted by molar-refractivity contribution is 5.79. The molecule has 1 aliphatic carbocycles. The van der Waals surface area contributed by atoms with Gasteiger partial charge in [0.1, 0.15) is 0 Å². The summed E-state index contributed by atoms with van der Waals surface area (Å²) < 4.78 is 7.40.